The third-order valence-corrected chi connectivity index (χ3v) is 9.25. The lowest BCUT2D eigenvalue weighted by Gasteiger charge is -2.11. The van der Waals surface area contributed by atoms with Gasteiger partial charge >= 0.3 is 0 Å². The molecule has 0 aliphatic rings. The molecule has 0 saturated carbocycles. The number of benzene rings is 8. The van der Waals surface area contributed by atoms with Crippen molar-refractivity contribution in [1.29, 1.82) is 0 Å². The van der Waals surface area contributed by atoms with Gasteiger partial charge in [-0.1, -0.05) is 121 Å². The smallest absolute Gasteiger partial charge is 0.164 e. The summed E-state index contributed by atoms with van der Waals surface area (Å²) < 4.78 is 6.42. The second-order valence-electron chi connectivity index (χ2n) is 12.1. The molecule has 0 spiro atoms. The first-order valence-electron chi connectivity index (χ1n) is 15.8. The van der Waals surface area contributed by atoms with Crippen LogP contribution in [0.25, 0.3) is 99.2 Å². The molecule has 0 unspecified atom stereocenters. The van der Waals surface area contributed by atoms with Crippen LogP contribution in [0.5, 0.6) is 0 Å². The van der Waals surface area contributed by atoms with Gasteiger partial charge in [-0.2, -0.15) is 0 Å². The monoisotopic (exact) mass is 599 g/mol. The molecule has 2 heterocycles. The highest BCUT2D eigenvalue weighted by Crippen LogP contribution is 2.39. The molecule has 4 nitrogen and oxygen atoms in total. The van der Waals surface area contributed by atoms with Crippen molar-refractivity contribution in [2.45, 2.75) is 0 Å². The van der Waals surface area contributed by atoms with Gasteiger partial charge in [0.05, 0.1) is 0 Å². The van der Waals surface area contributed by atoms with Crippen LogP contribution in [0.2, 0.25) is 0 Å². The van der Waals surface area contributed by atoms with E-state index >= 15 is 0 Å². The van der Waals surface area contributed by atoms with Gasteiger partial charge in [-0.3, -0.25) is 0 Å². The summed E-state index contributed by atoms with van der Waals surface area (Å²) in [4.78, 5) is 15.5. The first-order chi connectivity index (χ1) is 23.2. The van der Waals surface area contributed by atoms with Crippen molar-refractivity contribution in [3.63, 3.8) is 0 Å². The highest BCUT2D eigenvalue weighted by Gasteiger charge is 2.19. The zero-order chi connectivity index (χ0) is 30.9. The van der Waals surface area contributed by atoms with Crippen LogP contribution in [0, 0.1) is 0 Å². The van der Waals surface area contributed by atoms with E-state index in [1.807, 2.05) is 12.1 Å². The Labute approximate surface area is 269 Å². The van der Waals surface area contributed by atoms with E-state index in [9.17, 15) is 0 Å². The minimum atomic E-state index is 0.609. The summed E-state index contributed by atoms with van der Waals surface area (Å²) in [5.41, 5.74) is 4.44. The van der Waals surface area contributed by atoms with E-state index in [0.717, 1.165) is 54.8 Å². The van der Waals surface area contributed by atoms with Gasteiger partial charge in [-0.05, 0) is 73.4 Å². The van der Waals surface area contributed by atoms with Gasteiger partial charge in [-0.25, -0.2) is 15.0 Å². The number of hydrogen-bond acceptors (Lipinski definition) is 4. The van der Waals surface area contributed by atoms with E-state index in [1.54, 1.807) is 0 Å². The lowest BCUT2D eigenvalue weighted by atomic mass is 9.99. The molecule has 0 fully saturated rings. The molecule has 0 atom stereocenters. The Kier molecular flexibility index (Phi) is 5.54. The van der Waals surface area contributed by atoms with Crippen LogP contribution in [-0.4, -0.2) is 15.0 Å². The van der Waals surface area contributed by atoms with Crippen molar-refractivity contribution >= 4 is 65.0 Å². The first-order valence-corrected chi connectivity index (χ1v) is 15.8. The Hall–Kier alpha value is -6.39. The number of furan rings is 1. The van der Waals surface area contributed by atoms with Gasteiger partial charge in [-0.15, -0.1) is 0 Å². The highest BCUT2D eigenvalue weighted by atomic mass is 16.3. The fourth-order valence-electron chi connectivity index (χ4n) is 6.92. The standard InChI is InChI=1S/C43H25N3O/c1-2-10-29-22-32(20-16-26(29)8-1)41-44-42(33-21-19-28-18-17-27-9-5-6-13-34(27)36(28)24-33)46-43(45-41)35-14-7-15-38-40(35)37-23-30-11-3-4-12-31(30)25-39(37)47-38/h1-25H. The molecule has 0 bridgehead atoms. The Balaban J connectivity index is 1.25. The lowest BCUT2D eigenvalue weighted by molar-refractivity contribution is 0.669. The molecule has 0 N–H and O–H groups in total. The predicted octanol–water partition coefficient (Wildman–Crippen LogP) is 11.4. The molecule has 0 aliphatic heterocycles. The zero-order valence-corrected chi connectivity index (χ0v) is 25.2. The van der Waals surface area contributed by atoms with E-state index < -0.39 is 0 Å². The topological polar surface area (TPSA) is 51.8 Å². The Bertz CT molecular complexity index is 2870. The molecule has 10 rings (SSSR count). The van der Waals surface area contributed by atoms with Gasteiger partial charge in [0, 0.05) is 27.5 Å². The predicted molar refractivity (Wildman–Crippen MR) is 193 cm³/mol. The molecule has 47 heavy (non-hydrogen) atoms. The summed E-state index contributed by atoms with van der Waals surface area (Å²) in [6, 6.07) is 52.9. The number of aromatic nitrogens is 3. The van der Waals surface area contributed by atoms with Crippen LogP contribution in [-0.2, 0) is 0 Å². The van der Waals surface area contributed by atoms with Crippen LogP contribution in [0.15, 0.2) is 156 Å². The highest BCUT2D eigenvalue weighted by molar-refractivity contribution is 6.15. The summed E-state index contributed by atoms with van der Waals surface area (Å²) in [5.74, 6) is 1.87. The second-order valence-corrected chi connectivity index (χ2v) is 12.1. The Morgan fingerprint density at radius 3 is 1.70 bits per heavy atom. The van der Waals surface area contributed by atoms with Crippen LogP contribution in [0.4, 0.5) is 0 Å². The van der Waals surface area contributed by atoms with Crippen molar-refractivity contribution in [3.05, 3.63) is 152 Å². The van der Waals surface area contributed by atoms with Crippen molar-refractivity contribution in [2.24, 2.45) is 0 Å². The molecular formula is C43H25N3O. The molecular weight excluding hydrogens is 574 g/mol. The van der Waals surface area contributed by atoms with Gasteiger partial charge in [0.25, 0.3) is 0 Å². The second kappa shape index (κ2) is 10.1. The van der Waals surface area contributed by atoms with Crippen molar-refractivity contribution in [3.8, 4) is 34.2 Å². The normalized spacial score (nSPS) is 11.8. The summed E-state index contributed by atoms with van der Waals surface area (Å²) in [6.45, 7) is 0. The summed E-state index contributed by atoms with van der Waals surface area (Å²) in [6.07, 6.45) is 0. The van der Waals surface area contributed by atoms with Crippen molar-refractivity contribution in [1.82, 2.24) is 15.0 Å². The van der Waals surface area contributed by atoms with E-state index in [2.05, 4.69) is 140 Å². The summed E-state index contributed by atoms with van der Waals surface area (Å²) >= 11 is 0. The van der Waals surface area contributed by atoms with E-state index in [1.165, 1.54) is 26.9 Å². The number of nitrogens with zero attached hydrogens (tertiary/aromatic N) is 3. The minimum Gasteiger partial charge on any atom is -0.456 e. The molecule has 10 aromatic rings. The fraction of sp³-hybridized carbons (Fsp3) is 0. The molecule has 2 aromatic heterocycles. The summed E-state index contributed by atoms with van der Waals surface area (Å²) in [5, 5.41) is 11.4. The molecule has 218 valence electrons. The third-order valence-electron chi connectivity index (χ3n) is 9.25. The molecule has 0 aliphatic carbocycles. The van der Waals surface area contributed by atoms with Crippen molar-refractivity contribution < 1.29 is 4.42 Å². The number of fused-ring (bicyclic) bond motifs is 8. The zero-order valence-electron chi connectivity index (χ0n) is 25.2. The van der Waals surface area contributed by atoms with Gasteiger partial charge in [0.2, 0.25) is 0 Å². The average Bonchev–Trinajstić information content (AvgIpc) is 3.50. The molecule has 0 radical (unpaired) electrons. The Morgan fingerprint density at radius 1 is 0.340 bits per heavy atom. The molecule has 8 aromatic carbocycles. The largest absolute Gasteiger partial charge is 0.456 e. The van der Waals surface area contributed by atoms with Crippen LogP contribution < -0.4 is 0 Å². The maximum atomic E-state index is 6.42. The maximum absolute atomic E-state index is 6.42. The lowest BCUT2D eigenvalue weighted by Crippen LogP contribution is -2.00. The van der Waals surface area contributed by atoms with E-state index in [-0.39, 0.29) is 0 Å². The van der Waals surface area contributed by atoms with E-state index in [4.69, 9.17) is 19.4 Å². The minimum absolute atomic E-state index is 0.609. The maximum Gasteiger partial charge on any atom is 0.164 e. The number of hydrogen-bond donors (Lipinski definition) is 0. The van der Waals surface area contributed by atoms with Gasteiger partial charge in [0.15, 0.2) is 17.5 Å². The summed E-state index contributed by atoms with van der Waals surface area (Å²) in [7, 11) is 0. The number of rotatable bonds is 3. The van der Waals surface area contributed by atoms with Crippen molar-refractivity contribution in [2.75, 3.05) is 0 Å². The SMILES string of the molecule is c1ccc2cc(-c3nc(-c4ccc5ccc6ccccc6c5c4)nc(-c4cccc5oc6cc7ccccc7cc6c45)n3)ccc2c1. The van der Waals surface area contributed by atoms with Crippen LogP contribution in [0.1, 0.15) is 0 Å². The fourth-order valence-corrected chi connectivity index (χ4v) is 6.92. The van der Waals surface area contributed by atoms with Crippen LogP contribution in [0.3, 0.4) is 0 Å². The quantitative estimate of drug-likeness (QED) is 0.190. The van der Waals surface area contributed by atoms with E-state index in [0.29, 0.717) is 17.5 Å². The first kappa shape index (κ1) is 25.9. The van der Waals surface area contributed by atoms with Crippen LogP contribution >= 0.6 is 0 Å². The molecule has 0 saturated heterocycles. The molecule has 4 heteroatoms. The third kappa shape index (κ3) is 4.19. The van der Waals surface area contributed by atoms with Gasteiger partial charge < -0.3 is 4.42 Å². The van der Waals surface area contributed by atoms with Gasteiger partial charge in [0.1, 0.15) is 11.2 Å². The average molecular weight is 600 g/mol. The molecule has 0 amide bonds. The Morgan fingerprint density at radius 2 is 0.915 bits per heavy atom.